The van der Waals surface area contributed by atoms with Crippen LogP contribution in [0.1, 0.15) is 34.1 Å². The molecule has 60 valence electrons. The van der Waals surface area contributed by atoms with Gasteiger partial charge in [0, 0.05) is 6.61 Å². The topological polar surface area (TPSA) is 20.2 Å². The first-order valence-corrected chi connectivity index (χ1v) is 4.05. The maximum atomic E-state index is 8.74. The zero-order valence-corrected chi connectivity index (χ0v) is 7.44. The van der Waals surface area contributed by atoms with Gasteiger partial charge >= 0.3 is 0 Å². The summed E-state index contributed by atoms with van der Waals surface area (Å²) in [4.78, 5) is 0. The van der Waals surface area contributed by atoms with E-state index in [0.29, 0.717) is 17.4 Å². The Hall–Kier alpha value is -0.0400. The van der Waals surface area contributed by atoms with Gasteiger partial charge in [-0.2, -0.15) is 0 Å². The van der Waals surface area contributed by atoms with E-state index in [1.54, 1.807) is 0 Å². The fourth-order valence-corrected chi connectivity index (χ4v) is 2.18. The van der Waals surface area contributed by atoms with Gasteiger partial charge in [-0.25, -0.2) is 0 Å². The molecule has 0 aromatic carbocycles. The average molecular weight is 142 g/mol. The highest BCUT2D eigenvalue weighted by Gasteiger charge is 2.63. The minimum atomic E-state index is 0.345. The molecule has 0 unspecified atom stereocenters. The molecule has 0 spiro atoms. The largest absolute Gasteiger partial charge is 0.396 e. The van der Waals surface area contributed by atoms with Gasteiger partial charge in [-0.1, -0.05) is 27.7 Å². The van der Waals surface area contributed by atoms with Crippen LogP contribution >= 0.6 is 0 Å². The van der Waals surface area contributed by atoms with Crippen molar-refractivity contribution in [3.8, 4) is 0 Å². The van der Waals surface area contributed by atoms with E-state index >= 15 is 0 Å². The molecule has 1 aliphatic carbocycles. The van der Waals surface area contributed by atoms with Crippen LogP contribution in [0.3, 0.4) is 0 Å². The average Bonchev–Trinajstić information content (AvgIpc) is 2.13. The smallest absolute Gasteiger partial charge is 0.0434 e. The minimum absolute atomic E-state index is 0.345. The maximum absolute atomic E-state index is 8.74. The standard InChI is InChI=1S/C9H18O/c1-8(2)7(5-6-10)9(8,3)4/h7,10H,5-6H2,1-4H3. The highest BCUT2D eigenvalue weighted by Crippen LogP contribution is 2.69. The molecule has 0 aliphatic heterocycles. The van der Waals surface area contributed by atoms with Crippen LogP contribution in [0.5, 0.6) is 0 Å². The molecular weight excluding hydrogens is 124 g/mol. The molecule has 0 radical (unpaired) electrons. The predicted octanol–water partition coefficient (Wildman–Crippen LogP) is 2.05. The molecule has 0 atom stereocenters. The molecule has 1 fully saturated rings. The number of rotatable bonds is 2. The first-order valence-electron chi connectivity index (χ1n) is 4.05. The molecule has 0 heterocycles. The van der Waals surface area contributed by atoms with Crippen LogP contribution in [0, 0.1) is 16.7 Å². The number of aliphatic hydroxyl groups is 1. The Morgan fingerprint density at radius 1 is 1.10 bits per heavy atom. The van der Waals surface area contributed by atoms with Crippen LogP contribution in [0.15, 0.2) is 0 Å². The Morgan fingerprint density at radius 2 is 1.50 bits per heavy atom. The fourth-order valence-electron chi connectivity index (χ4n) is 2.18. The maximum Gasteiger partial charge on any atom is 0.0434 e. The van der Waals surface area contributed by atoms with Crippen LogP contribution in [-0.4, -0.2) is 11.7 Å². The lowest BCUT2D eigenvalue weighted by atomic mass is 10.0. The van der Waals surface area contributed by atoms with E-state index in [2.05, 4.69) is 27.7 Å². The first kappa shape index (κ1) is 8.06. The van der Waals surface area contributed by atoms with Gasteiger partial charge in [-0.3, -0.25) is 0 Å². The normalized spacial score (nSPS) is 28.5. The molecule has 0 aromatic heterocycles. The van der Waals surface area contributed by atoms with Gasteiger partial charge in [0.2, 0.25) is 0 Å². The Bertz CT molecular complexity index is 122. The van der Waals surface area contributed by atoms with E-state index in [0.717, 1.165) is 12.3 Å². The Morgan fingerprint density at radius 3 is 1.60 bits per heavy atom. The zero-order chi connectivity index (χ0) is 7.99. The molecular formula is C9H18O. The van der Waals surface area contributed by atoms with Crippen LogP contribution in [0.25, 0.3) is 0 Å². The highest BCUT2D eigenvalue weighted by molar-refractivity contribution is 5.11. The van der Waals surface area contributed by atoms with Crippen molar-refractivity contribution >= 4 is 0 Å². The van der Waals surface area contributed by atoms with E-state index in [4.69, 9.17) is 5.11 Å². The highest BCUT2D eigenvalue weighted by atomic mass is 16.3. The summed E-state index contributed by atoms with van der Waals surface area (Å²) in [5, 5.41) is 8.74. The Balaban J connectivity index is 2.54. The van der Waals surface area contributed by atoms with Gasteiger partial charge in [0.25, 0.3) is 0 Å². The van der Waals surface area contributed by atoms with E-state index in [-0.39, 0.29) is 0 Å². The Kier molecular flexibility index (Phi) is 1.59. The molecule has 0 saturated heterocycles. The molecule has 1 aliphatic rings. The molecule has 0 aromatic rings. The third-order valence-corrected chi connectivity index (χ3v) is 3.74. The minimum Gasteiger partial charge on any atom is -0.396 e. The molecule has 1 rings (SSSR count). The lowest BCUT2D eigenvalue weighted by Gasteiger charge is -2.04. The summed E-state index contributed by atoms with van der Waals surface area (Å²) in [5.41, 5.74) is 0.908. The first-order chi connectivity index (χ1) is 4.44. The van der Waals surface area contributed by atoms with Crippen molar-refractivity contribution in [3.63, 3.8) is 0 Å². The summed E-state index contributed by atoms with van der Waals surface area (Å²) in [5.74, 6) is 0.727. The molecule has 0 amide bonds. The summed E-state index contributed by atoms with van der Waals surface area (Å²) < 4.78 is 0. The van der Waals surface area contributed by atoms with E-state index in [1.807, 2.05) is 0 Å². The van der Waals surface area contributed by atoms with Crippen molar-refractivity contribution in [2.45, 2.75) is 34.1 Å². The number of hydrogen-bond donors (Lipinski definition) is 1. The van der Waals surface area contributed by atoms with E-state index < -0.39 is 0 Å². The Labute approximate surface area is 63.4 Å². The molecule has 1 heteroatoms. The van der Waals surface area contributed by atoms with Crippen LogP contribution in [0.2, 0.25) is 0 Å². The monoisotopic (exact) mass is 142 g/mol. The second-order valence-corrected chi connectivity index (χ2v) is 4.51. The van der Waals surface area contributed by atoms with E-state index in [1.165, 1.54) is 0 Å². The third kappa shape index (κ3) is 0.800. The van der Waals surface area contributed by atoms with Gasteiger partial charge in [0.05, 0.1) is 0 Å². The van der Waals surface area contributed by atoms with Crippen molar-refractivity contribution in [2.24, 2.45) is 16.7 Å². The molecule has 0 bridgehead atoms. The summed E-state index contributed by atoms with van der Waals surface area (Å²) >= 11 is 0. The second kappa shape index (κ2) is 1.97. The van der Waals surface area contributed by atoms with Gasteiger partial charge in [-0.15, -0.1) is 0 Å². The number of hydrogen-bond acceptors (Lipinski definition) is 1. The molecule has 1 nitrogen and oxygen atoms in total. The fraction of sp³-hybridized carbons (Fsp3) is 1.00. The van der Waals surface area contributed by atoms with Crippen molar-refractivity contribution in [1.29, 1.82) is 0 Å². The number of aliphatic hydroxyl groups excluding tert-OH is 1. The zero-order valence-electron chi connectivity index (χ0n) is 7.44. The van der Waals surface area contributed by atoms with Crippen molar-refractivity contribution in [3.05, 3.63) is 0 Å². The van der Waals surface area contributed by atoms with Crippen LogP contribution in [0.4, 0.5) is 0 Å². The van der Waals surface area contributed by atoms with Crippen LogP contribution in [-0.2, 0) is 0 Å². The SMILES string of the molecule is CC1(C)C(CCO)C1(C)C. The van der Waals surface area contributed by atoms with Gasteiger partial charge in [0.1, 0.15) is 0 Å². The van der Waals surface area contributed by atoms with Crippen molar-refractivity contribution < 1.29 is 5.11 Å². The third-order valence-electron chi connectivity index (χ3n) is 3.74. The lowest BCUT2D eigenvalue weighted by molar-refractivity contribution is 0.268. The van der Waals surface area contributed by atoms with Gasteiger partial charge < -0.3 is 5.11 Å². The molecule has 1 N–H and O–H groups in total. The lowest BCUT2D eigenvalue weighted by Crippen LogP contribution is -1.95. The quantitative estimate of drug-likeness (QED) is 0.625. The van der Waals surface area contributed by atoms with E-state index in [9.17, 15) is 0 Å². The van der Waals surface area contributed by atoms with Gasteiger partial charge in [0.15, 0.2) is 0 Å². The molecule has 10 heavy (non-hydrogen) atoms. The molecule has 1 saturated carbocycles. The summed E-state index contributed by atoms with van der Waals surface area (Å²) in [7, 11) is 0. The van der Waals surface area contributed by atoms with Crippen LogP contribution < -0.4 is 0 Å². The summed E-state index contributed by atoms with van der Waals surface area (Å²) in [6.45, 7) is 9.48. The summed E-state index contributed by atoms with van der Waals surface area (Å²) in [6, 6.07) is 0. The second-order valence-electron chi connectivity index (χ2n) is 4.51. The van der Waals surface area contributed by atoms with Crippen molar-refractivity contribution in [1.82, 2.24) is 0 Å². The summed E-state index contributed by atoms with van der Waals surface area (Å²) in [6.07, 6.45) is 0.972. The predicted molar refractivity (Wildman–Crippen MR) is 42.8 cm³/mol. The van der Waals surface area contributed by atoms with Crippen molar-refractivity contribution in [2.75, 3.05) is 6.61 Å². The van der Waals surface area contributed by atoms with Gasteiger partial charge in [-0.05, 0) is 23.2 Å².